The van der Waals surface area contributed by atoms with Gasteiger partial charge in [0.1, 0.15) is 0 Å². The van der Waals surface area contributed by atoms with Gasteiger partial charge in [0.05, 0.1) is 25.5 Å². The molecule has 6 atom stereocenters. The molecule has 144 valence electrons. The van der Waals surface area contributed by atoms with Crippen molar-refractivity contribution in [1.82, 2.24) is 10.6 Å². The molecule has 5 nitrogen and oxygen atoms in total. The molecule has 7 heteroatoms. The van der Waals surface area contributed by atoms with E-state index in [1.165, 1.54) is 6.04 Å². The molecule has 1 heterocycles. The Balaban J connectivity index is 3.31. The van der Waals surface area contributed by atoms with E-state index in [1.807, 2.05) is 13.8 Å². The van der Waals surface area contributed by atoms with Gasteiger partial charge in [0, 0.05) is 11.3 Å². The summed E-state index contributed by atoms with van der Waals surface area (Å²) in [7, 11) is -3.75. The first kappa shape index (κ1) is 22.3. The Morgan fingerprint density at radius 1 is 1.00 bits per heavy atom. The van der Waals surface area contributed by atoms with Crippen molar-refractivity contribution in [3.8, 4) is 0 Å². The third kappa shape index (κ3) is 4.69. The van der Waals surface area contributed by atoms with Gasteiger partial charge >= 0.3 is 0 Å². The van der Waals surface area contributed by atoms with E-state index >= 15 is 0 Å². The van der Waals surface area contributed by atoms with Crippen LogP contribution in [0.5, 0.6) is 0 Å². The minimum absolute atomic E-state index is 0.00682. The van der Waals surface area contributed by atoms with Crippen LogP contribution >= 0.6 is 0 Å². The Morgan fingerprint density at radius 3 is 1.88 bits per heavy atom. The summed E-state index contributed by atoms with van der Waals surface area (Å²) in [5, 5.41) is 7.34. The molecule has 0 aromatic rings. The van der Waals surface area contributed by atoms with Crippen molar-refractivity contribution in [2.24, 2.45) is 11.5 Å². The van der Waals surface area contributed by atoms with Gasteiger partial charge in [0.25, 0.3) is 0 Å². The molecule has 1 aliphatic heterocycles. The van der Waals surface area contributed by atoms with Gasteiger partial charge < -0.3 is 21.2 Å². The Bertz CT molecular complexity index is 408. The van der Waals surface area contributed by atoms with Crippen LogP contribution in [-0.4, -0.2) is 44.7 Å². The maximum atomic E-state index is 7.00. The highest BCUT2D eigenvalue weighted by atomic mass is 29.3. The Kier molecular flexibility index (Phi) is 7.69. The zero-order chi connectivity index (χ0) is 18.8. The van der Waals surface area contributed by atoms with Crippen molar-refractivity contribution >= 4 is 15.4 Å². The van der Waals surface area contributed by atoms with Gasteiger partial charge in [0.15, 0.2) is 7.83 Å². The van der Waals surface area contributed by atoms with E-state index in [1.54, 1.807) is 0 Å². The predicted octanol–water partition coefficient (Wildman–Crippen LogP) is 2.34. The SMILES string of the molecule is CCC(NC(C)N)[Si]1(C)CCC(C)(C)O[Si]1(C)C(CC)NC(C)N. The first-order chi connectivity index (χ1) is 10.9. The summed E-state index contributed by atoms with van der Waals surface area (Å²) in [6.07, 6.45) is 3.34. The largest absolute Gasteiger partial charge is 0.413 e. The molecular formula is C17H42N4OSi2. The third-order valence-corrected chi connectivity index (χ3v) is 24.5. The Morgan fingerprint density at radius 2 is 1.46 bits per heavy atom. The maximum Gasteiger partial charge on any atom is 0.195 e. The molecule has 0 spiro atoms. The van der Waals surface area contributed by atoms with Crippen molar-refractivity contribution in [3.63, 3.8) is 0 Å². The molecule has 24 heavy (non-hydrogen) atoms. The zero-order valence-corrected chi connectivity index (χ0v) is 19.2. The second-order valence-corrected chi connectivity index (χ2v) is 22.3. The van der Waals surface area contributed by atoms with Crippen LogP contribution in [-0.2, 0) is 4.43 Å². The van der Waals surface area contributed by atoms with Crippen LogP contribution in [0.4, 0.5) is 0 Å². The lowest BCUT2D eigenvalue weighted by Crippen LogP contribution is -2.81. The molecule has 0 amide bonds. The highest BCUT2D eigenvalue weighted by Gasteiger charge is 2.62. The van der Waals surface area contributed by atoms with E-state index in [2.05, 4.69) is 51.4 Å². The zero-order valence-electron chi connectivity index (χ0n) is 17.2. The molecule has 1 aliphatic rings. The summed E-state index contributed by atoms with van der Waals surface area (Å²) in [6, 6.07) is 1.30. The van der Waals surface area contributed by atoms with Crippen molar-refractivity contribution in [2.75, 3.05) is 0 Å². The van der Waals surface area contributed by atoms with Crippen LogP contribution in [0, 0.1) is 0 Å². The summed E-state index contributed by atoms with van der Waals surface area (Å²) < 4.78 is 7.00. The van der Waals surface area contributed by atoms with Gasteiger partial charge in [-0.1, -0.05) is 26.4 Å². The molecule has 1 rings (SSSR count). The van der Waals surface area contributed by atoms with Crippen LogP contribution in [0.3, 0.4) is 0 Å². The second kappa shape index (κ2) is 8.28. The first-order valence-corrected chi connectivity index (χ1v) is 15.9. The van der Waals surface area contributed by atoms with Crippen molar-refractivity contribution in [1.29, 1.82) is 0 Å². The predicted molar refractivity (Wildman–Crippen MR) is 110 cm³/mol. The van der Waals surface area contributed by atoms with E-state index in [4.69, 9.17) is 15.9 Å². The van der Waals surface area contributed by atoms with E-state index in [9.17, 15) is 0 Å². The monoisotopic (exact) mass is 374 g/mol. The molecule has 0 saturated carbocycles. The average molecular weight is 375 g/mol. The van der Waals surface area contributed by atoms with Gasteiger partial charge in [0.2, 0.25) is 0 Å². The molecule has 6 unspecified atom stereocenters. The summed E-state index contributed by atoms with van der Waals surface area (Å²) >= 11 is 0. The van der Waals surface area contributed by atoms with Gasteiger partial charge in [-0.2, -0.15) is 0 Å². The van der Waals surface area contributed by atoms with E-state index in [0.29, 0.717) is 11.3 Å². The van der Waals surface area contributed by atoms with Crippen molar-refractivity contribution in [2.45, 2.75) is 109 Å². The molecule has 0 aliphatic carbocycles. The molecular weight excluding hydrogens is 332 g/mol. The minimum atomic E-state index is -2.04. The summed E-state index contributed by atoms with van der Waals surface area (Å²) in [5.41, 5.74) is 13.1. The topological polar surface area (TPSA) is 85.3 Å². The number of hydrogen-bond donors (Lipinski definition) is 4. The summed E-state index contributed by atoms with van der Waals surface area (Å²) in [6.45, 7) is 18.2. The fraction of sp³-hybridized carbons (Fsp3) is 1.00. The molecule has 0 radical (unpaired) electrons. The standard InChI is InChI=1S/C17H42N4OSi2/c1-9-15(20-13(3)18)23(7)12-11-17(5,6)22-24(23,8)16(10-2)21-14(4)19/h13-16,20-21H,9-12,18-19H2,1-8H3. The number of hydrogen-bond acceptors (Lipinski definition) is 5. The van der Waals surface area contributed by atoms with Crippen LogP contribution in [0.15, 0.2) is 0 Å². The van der Waals surface area contributed by atoms with Gasteiger partial charge in [-0.25, -0.2) is 0 Å². The van der Waals surface area contributed by atoms with Crippen molar-refractivity contribution < 1.29 is 4.43 Å². The molecule has 1 fully saturated rings. The van der Waals surface area contributed by atoms with Crippen LogP contribution in [0.25, 0.3) is 0 Å². The summed E-state index contributed by atoms with van der Waals surface area (Å²) in [5.74, 6) is 0. The van der Waals surface area contributed by atoms with Gasteiger partial charge in [-0.3, -0.25) is 5.32 Å². The molecule has 0 aromatic heterocycles. The van der Waals surface area contributed by atoms with Gasteiger partial charge in [-0.15, -0.1) is 0 Å². The first-order valence-electron chi connectivity index (χ1n) is 9.65. The number of nitrogens with two attached hydrogens (primary N) is 2. The van der Waals surface area contributed by atoms with Crippen LogP contribution in [0.2, 0.25) is 19.1 Å². The van der Waals surface area contributed by atoms with Crippen molar-refractivity contribution in [3.05, 3.63) is 0 Å². The summed E-state index contributed by atoms with van der Waals surface area (Å²) in [4.78, 5) is 0. The fourth-order valence-corrected chi connectivity index (χ4v) is 22.1. The molecule has 6 N–H and O–H groups in total. The quantitative estimate of drug-likeness (QED) is 0.387. The van der Waals surface area contributed by atoms with Crippen LogP contribution in [0.1, 0.15) is 60.8 Å². The minimum Gasteiger partial charge on any atom is -0.413 e. The average Bonchev–Trinajstić information content (AvgIpc) is 2.45. The second-order valence-electron chi connectivity index (χ2n) is 8.72. The fourth-order valence-electron chi connectivity index (χ4n) is 4.59. The maximum absolute atomic E-state index is 7.00. The van der Waals surface area contributed by atoms with E-state index in [0.717, 1.165) is 19.3 Å². The lowest BCUT2D eigenvalue weighted by Gasteiger charge is -2.58. The smallest absolute Gasteiger partial charge is 0.195 e. The highest BCUT2D eigenvalue weighted by Crippen LogP contribution is 2.43. The third-order valence-electron chi connectivity index (χ3n) is 6.05. The lowest BCUT2D eigenvalue weighted by atomic mass is 10.1. The molecule has 0 bridgehead atoms. The lowest BCUT2D eigenvalue weighted by molar-refractivity contribution is 0.0850. The van der Waals surface area contributed by atoms with E-state index in [-0.39, 0.29) is 17.9 Å². The number of nitrogens with one attached hydrogen (secondary N) is 2. The molecule has 1 saturated heterocycles. The van der Waals surface area contributed by atoms with Crippen LogP contribution < -0.4 is 22.1 Å². The normalized spacial score (nSPS) is 35.2. The number of rotatable bonds is 8. The Labute approximate surface area is 151 Å². The van der Waals surface area contributed by atoms with E-state index < -0.39 is 15.4 Å². The molecule has 0 aromatic carbocycles. The highest BCUT2D eigenvalue weighted by molar-refractivity contribution is 7.40. The Hall–Kier alpha value is 0.234. The van der Waals surface area contributed by atoms with Gasteiger partial charge in [-0.05, 0) is 53.5 Å².